The van der Waals surface area contributed by atoms with Crippen LogP contribution in [0.5, 0.6) is 0 Å². The molecule has 0 aromatic heterocycles. The van der Waals surface area contributed by atoms with Crippen molar-refractivity contribution in [2.45, 2.75) is 19.0 Å². The molecule has 0 aliphatic carbocycles. The first-order valence-corrected chi connectivity index (χ1v) is 6.34. The second kappa shape index (κ2) is 7.62. The molecule has 0 fully saturated rings. The van der Waals surface area contributed by atoms with Gasteiger partial charge in [0.25, 0.3) is 0 Å². The Balaban J connectivity index is 2.58. The summed E-state index contributed by atoms with van der Waals surface area (Å²) in [5, 5.41) is 0. The maximum atomic E-state index is 12.0. The number of nitrogens with zero attached hydrogens (tertiary/aromatic N) is 1. The number of primary amides is 1. The van der Waals surface area contributed by atoms with Crippen LogP contribution in [-0.2, 0) is 16.1 Å². The molecule has 2 amide bonds. The molecule has 1 aromatic carbocycles. The fraction of sp³-hybridized carbons (Fsp3) is 0.429. The van der Waals surface area contributed by atoms with Crippen LogP contribution in [0.25, 0.3) is 0 Å². The van der Waals surface area contributed by atoms with E-state index in [2.05, 4.69) is 0 Å². The van der Waals surface area contributed by atoms with Gasteiger partial charge in [-0.3, -0.25) is 9.59 Å². The van der Waals surface area contributed by atoms with Crippen molar-refractivity contribution in [2.24, 2.45) is 11.5 Å². The molecule has 1 unspecified atom stereocenters. The predicted molar refractivity (Wildman–Crippen MR) is 75.9 cm³/mol. The lowest BCUT2D eigenvalue weighted by Crippen LogP contribution is -2.42. The van der Waals surface area contributed by atoms with Gasteiger partial charge >= 0.3 is 0 Å². The maximum absolute atomic E-state index is 12.0. The van der Waals surface area contributed by atoms with Gasteiger partial charge in [0.1, 0.15) is 0 Å². The zero-order chi connectivity index (χ0) is 15.1. The van der Waals surface area contributed by atoms with Crippen LogP contribution in [0.2, 0.25) is 0 Å². The molecular weight excluding hydrogens is 258 g/mol. The number of methoxy groups -OCH3 is 1. The molecule has 0 bridgehead atoms. The van der Waals surface area contributed by atoms with Crippen molar-refractivity contribution in [3.63, 3.8) is 0 Å². The van der Waals surface area contributed by atoms with Crippen molar-refractivity contribution < 1.29 is 14.3 Å². The van der Waals surface area contributed by atoms with Crippen molar-refractivity contribution in [2.75, 3.05) is 20.8 Å². The third kappa shape index (κ3) is 4.64. The molecule has 6 heteroatoms. The number of benzene rings is 1. The van der Waals surface area contributed by atoms with Gasteiger partial charge in [0.05, 0.1) is 6.04 Å². The minimum atomic E-state index is -0.565. The maximum Gasteiger partial charge on any atom is 0.248 e. The van der Waals surface area contributed by atoms with Crippen LogP contribution in [0.4, 0.5) is 0 Å². The van der Waals surface area contributed by atoms with E-state index < -0.39 is 11.9 Å². The highest BCUT2D eigenvalue weighted by Crippen LogP contribution is 2.07. The smallest absolute Gasteiger partial charge is 0.248 e. The first-order chi connectivity index (χ1) is 9.45. The number of rotatable bonds is 7. The molecule has 0 aliphatic heterocycles. The topological polar surface area (TPSA) is 98.7 Å². The molecule has 0 saturated heterocycles. The van der Waals surface area contributed by atoms with Crippen LogP contribution in [0.3, 0.4) is 0 Å². The van der Waals surface area contributed by atoms with Gasteiger partial charge in [0.2, 0.25) is 11.8 Å². The zero-order valence-corrected chi connectivity index (χ0v) is 11.8. The van der Waals surface area contributed by atoms with E-state index in [0.29, 0.717) is 25.1 Å². The molecule has 6 nitrogen and oxygen atoms in total. The lowest BCUT2D eigenvalue weighted by Gasteiger charge is -2.21. The molecule has 4 N–H and O–H groups in total. The Morgan fingerprint density at radius 2 is 1.90 bits per heavy atom. The normalized spacial score (nSPS) is 11.9. The SMILES string of the molecule is COCCC(N)C(=O)N(C)Cc1ccc(C(N)=O)cc1. The van der Waals surface area contributed by atoms with E-state index in [9.17, 15) is 9.59 Å². The van der Waals surface area contributed by atoms with E-state index in [-0.39, 0.29) is 5.91 Å². The fourth-order valence-electron chi connectivity index (χ4n) is 1.78. The Labute approximate surface area is 118 Å². The summed E-state index contributed by atoms with van der Waals surface area (Å²) >= 11 is 0. The van der Waals surface area contributed by atoms with E-state index in [0.717, 1.165) is 5.56 Å². The van der Waals surface area contributed by atoms with E-state index in [4.69, 9.17) is 16.2 Å². The van der Waals surface area contributed by atoms with Gasteiger partial charge in [-0.15, -0.1) is 0 Å². The van der Waals surface area contributed by atoms with Crippen molar-refractivity contribution in [1.29, 1.82) is 0 Å². The average molecular weight is 279 g/mol. The Morgan fingerprint density at radius 1 is 1.30 bits per heavy atom. The number of carbonyl (C=O) groups excluding carboxylic acids is 2. The largest absolute Gasteiger partial charge is 0.385 e. The van der Waals surface area contributed by atoms with Crippen LogP contribution in [0, 0.1) is 0 Å². The third-order valence-electron chi connectivity index (χ3n) is 2.98. The van der Waals surface area contributed by atoms with Gasteiger partial charge < -0.3 is 21.1 Å². The monoisotopic (exact) mass is 279 g/mol. The predicted octanol–water partition coefficient (Wildman–Crippen LogP) is 0.108. The Kier molecular flexibility index (Phi) is 6.14. The summed E-state index contributed by atoms with van der Waals surface area (Å²) in [6, 6.07) is 6.25. The molecule has 0 radical (unpaired) electrons. The average Bonchev–Trinajstić information content (AvgIpc) is 2.44. The van der Waals surface area contributed by atoms with Gasteiger partial charge in [0.15, 0.2) is 0 Å². The number of ether oxygens (including phenoxy) is 1. The molecular formula is C14H21N3O3. The van der Waals surface area contributed by atoms with E-state index in [1.54, 1.807) is 43.3 Å². The molecule has 1 rings (SSSR count). The van der Waals surface area contributed by atoms with Gasteiger partial charge in [-0.2, -0.15) is 0 Å². The van der Waals surface area contributed by atoms with Crippen LogP contribution in [0.1, 0.15) is 22.3 Å². The fourth-order valence-corrected chi connectivity index (χ4v) is 1.78. The number of amides is 2. The quantitative estimate of drug-likeness (QED) is 0.740. The lowest BCUT2D eigenvalue weighted by atomic mass is 10.1. The van der Waals surface area contributed by atoms with E-state index in [1.165, 1.54) is 0 Å². The Morgan fingerprint density at radius 3 is 2.40 bits per heavy atom. The van der Waals surface area contributed by atoms with Crippen molar-refractivity contribution in [1.82, 2.24) is 4.90 Å². The molecule has 0 saturated carbocycles. The van der Waals surface area contributed by atoms with Gasteiger partial charge in [-0.05, 0) is 24.1 Å². The van der Waals surface area contributed by atoms with E-state index >= 15 is 0 Å². The van der Waals surface area contributed by atoms with Gasteiger partial charge in [-0.25, -0.2) is 0 Å². The van der Waals surface area contributed by atoms with Gasteiger partial charge in [-0.1, -0.05) is 12.1 Å². The Bertz CT molecular complexity index is 459. The standard InChI is InChI=1S/C14H21N3O3/c1-17(14(19)12(15)7-8-20-2)9-10-3-5-11(6-4-10)13(16)18/h3-6,12H,7-9,15H2,1-2H3,(H2,16,18). The van der Waals surface area contributed by atoms with Gasteiger partial charge in [0, 0.05) is 32.9 Å². The summed E-state index contributed by atoms with van der Waals surface area (Å²) in [6.07, 6.45) is 0.486. The van der Waals surface area contributed by atoms with Crippen molar-refractivity contribution in [3.05, 3.63) is 35.4 Å². The lowest BCUT2D eigenvalue weighted by molar-refractivity contribution is -0.132. The highest BCUT2D eigenvalue weighted by molar-refractivity contribution is 5.92. The molecule has 110 valence electrons. The van der Waals surface area contributed by atoms with Crippen molar-refractivity contribution in [3.8, 4) is 0 Å². The first kappa shape index (κ1) is 16.1. The molecule has 1 aromatic rings. The van der Waals surface area contributed by atoms with Crippen molar-refractivity contribution >= 4 is 11.8 Å². The van der Waals surface area contributed by atoms with E-state index in [1.807, 2.05) is 0 Å². The highest BCUT2D eigenvalue weighted by atomic mass is 16.5. The molecule has 0 aliphatic rings. The first-order valence-electron chi connectivity index (χ1n) is 6.34. The summed E-state index contributed by atoms with van der Waals surface area (Å²) in [6.45, 7) is 0.882. The third-order valence-corrected chi connectivity index (χ3v) is 2.98. The molecule has 0 heterocycles. The minimum Gasteiger partial charge on any atom is -0.385 e. The summed E-state index contributed by atoms with van der Waals surface area (Å²) in [5.41, 5.74) is 12.3. The summed E-state index contributed by atoms with van der Waals surface area (Å²) in [5.74, 6) is -0.608. The minimum absolute atomic E-state index is 0.138. The number of hydrogen-bond donors (Lipinski definition) is 2. The molecule has 20 heavy (non-hydrogen) atoms. The molecule has 1 atom stereocenters. The Hall–Kier alpha value is -1.92. The number of likely N-dealkylation sites (N-methyl/N-ethyl adjacent to an activating group) is 1. The van der Waals surface area contributed by atoms with Crippen LogP contribution >= 0.6 is 0 Å². The summed E-state index contributed by atoms with van der Waals surface area (Å²) in [4.78, 5) is 24.5. The van der Waals surface area contributed by atoms with Crippen LogP contribution < -0.4 is 11.5 Å². The number of hydrogen-bond acceptors (Lipinski definition) is 4. The zero-order valence-electron chi connectivity index (χ0n) is 11.8. The second-order valence-corrected chi connectivity index (χ2v) is 4.64. The second-order valence-electron chi connectivity index (χ2n) is 4.64. The summed E-state index contributed by atoms with van der Waals surface area (Å²) in [7, 11) is 3.26. The molecule has 0 spiro atoms. The summed E-state index contributed by atoms with van der Waals surface area (Å²) < 4.78 is 4.90. The number of nitrogens with two attached hydrogens (primary N) is 2. The van der Waals surface area contributed by atoms with Crippen LogP contribution in [-0.4, -0.2) is 43.5 Å². The number of carbonyl (C=O) groups is 2. The highest BCUT2D eigenvalue weighted by Gasteiger charge is 2.17. The van der Waals surface area contributed by atoms with Crippen LogP contribution in [0.15, 0.2) is 24.3 Å².